The smallest absolute Gasteiger partial charge is 0.208 e. The fourth-order valence-corrected chi connectivity index (χ4v) is 3.97. The zero-order valence-corrected chi connectivity index (χ0v) is 11.5. The minimum Gasteiger partial charge on any atom is -0.396 e. The van der Waals surface area contributed by atoms with E-state index in [2.05, 4.69) is 28.9 Å². The van der Waals surface area contributed by atoms with Crippen molar-refractivity contribution in [2.75, 3.05) is 31.2 Å². The van der Waals surface area contributed by atoms with E-state index in [9.17, 15) is 10.2 Å². The SMILES string of the molecule is CC(C)c1nnc(N2CC3C(C2)C3(CO)CO)s1. The Bertz CT molecular complexity index is 430. The number of anilines is 1. The molecule has 5 nitrogen and oxygen atoms in total. The number of aliphatic hydroxyl groups is 2. The first-order valence-corrected chi connectivity index (χ1v) is 7.24. The molecule has 6 heteroatoms. The molecule has 3 rings (SSSR count). The van der Waals surface area contributed by atoms with Gasteiger partial charge in [0.1, 0.15) is 5.01 Å². The predicted molar refractivity (Wildman–Crippen MR) is 69.8 cm³/mol. The molecule has 1 aliphatic heterocycles. The molecule has 2 N–H and O–H groups in total. The van der Waals surface area contributed by atoms with Gasteiger partial charge in [0, 0.05) is 24.4 Å². The Labute approximate surface area is 110 Å². The van der Waals surface area contributed by atoms with Gasteiger partial charge in [0.2, 0.25) is 5.13 Å². The lowest BCUT2D eigenvalue weighted by molar-refractivity contribution is 0.109. The third-order valence-corrected chi connectivity index (χ3v) is 5.76. The Kier molecular flexibility index (Phi) is 2.84. The summed E-state index contributed by atoms with van der Waals surface area (Å²) in [7, 11) is 0. The van der Waals surface area contributed by atoms with Gasteiger partial charge in [0.25, 0.3) is 0 Å². The van der Waals surface area contributed by atoms with Crippen molar-refractivity contribution in [1.82, 2.24) is 10.2 Å². The summed E-state index contributed by atoms with van der Waals surface area (Å²) in [6.07, 6.45) is 0. The Morgan fingerprint density at radius 3 is 2.33 bits per heavy atom. The van der Waals surface area contributed by atoms with Gasteiger partial charge in [-0.3, -0.25) is 0 Å². The van der Waals surface area contributed by atoms with Gasteiger partial charge in [-0.05, 0) is 11.8 Å². The molecule has 1 aromatic rings. The predicted octanol–water partition coefficient (Wildman–Crippen LogP) is 0.699. The highest BCUT2D eigenvalue weighted by Crippen LogP contribution is 2.62. The largest absolute Gasteiger partial charge is 0.396 e. The molecule has 1 aliphatic carbocycles. The number of fused-ring (bicyclic) bond motifs is 1. The highest BCUT2D eigenvalue weighted by atomic mass is 32.1. The molecule has 2 atom stereocenters. The molecule has 0 amide bonds. The van der Waals surface area contributed by atoms with E-state index in [-0.39, 0.29) is 18.6 Å². The zero-order valence-electron chi connectivity index (χ0n) is 10.7. The molecule has 1 saturated carbocycles. The van der Waals surface area contributed by atoms with Crippen molar-refractivity contribution in [3.05, 3.63) is 5.01 Å². The summed E-state index contributed by atoms with van der Waals surface area (Å²) < 4.78 is 0. The Morgan fingerprint density at radius 1 is 1.28 bits per heavy atom. The first kappa shape index (κ1) is 12.3. The van der Waals surface area contributed by atoms with Crippen LogP contribution in [0.4, 0.5) is 5.13 Å². The quantitative estimate of drug-likeness (QED) is 0.842. The highest BCUT2D eigenvalue weighted by Gasteiger charge is 2.67. The number of nitrogens with zero attached hydrogens (tertiary/aromatic N) is 3. The van der Waals surface area contributed by atoms with Gasteiger partial charge in [-0.25, -0.2) is 0 Å². The zero-order chi connectivity index (χ0) is 12.9. The summed E-state index contributed by atoms with van der Waals surface area (Å²) in [5, 5.41) is 29.3. The van der Waals surface area contributed by atoms with Crippen molar-refractivity contribution in [2.45, 2.75) is 19.8 Å². The molecule has 0 aromatic carbocycles. The average molecular weight is 269 g/mol. The molecule has 18 heavy (non-hydrogen) atoms. The van der Waals surface area contributed by atoms with E-state index in [4.69, 9.17) is 0 Å². The van der Waals surface area contributed by atoms with Crippen molar-refractivity contribution in [2.24, 2.45) is 17.3 Å². The van der Waals surface area contributed by atoms with Crippen LogP contribution in [0.5, 0.6) is 0 Å². The lowest BCUT2D eigenvalue weighted by atomic mass is 10.0. The fourth-order valence-electron chi connectivity index (χ4n) is 3.10. The van der Waals surface area contributed by atoms with Crippen LogP contribution in [-0.2, 0) is 0 Å². The third-order valence-electron chi connectivity index (χ3n) is 4.47. The number of aliphatic hydroxyl groups excluding tert-OH is 2. The number of hydrogen-bond donors (Lipinski definition) is 2. The Balaban J connectivity index is 1.68. The molecule has 100 valence electrons. The second-order valence-corrected chi connectivity index (χ2v) is 6.73. The minimum absolute atomic E-state index is 0.0973. The van der Waals surface area contributed by atoms with Gasteiger partial charge in [0.05, 0.1) is 13.2 Å². The van der Waals surface area contributed by atoms with Crippen LogP contribution < -0.4 is 4.90 Å². The van der Waals surface area contributed by atoms with Crippen LogP contribution in [-0.4, -0.2) is 46.7 Å². The monoisotopic (exact) mass is 269 g/mol. The summed E-state index contributed by atoms with van der Waals surface area (Å²) in [4.78, 5) is 2.24. The Hall–Kier alpha value is -0.720. The number of piperidine rings is 1. The molecule has 0 bridgehead atoms. The summed E-state index contributed by atoms with van der Waals surface area (Å²) in [5.41, 5.74) is -0.220. The second-order valence-electron chi connectivity index (χ2n) is 5.74. The molecule has 2 aliphatic rings. The second kappa shape index (κ2) is 4.15. The van der Waals surface area contributed by atoms with Crippen molar-refractivity contribution >= 4 is 16.5 Å². The van der Waals surface area contributed by atoms with E-state index < -0.39 is 0 Å². The van der Waals surface area contributed by atoms with Crippen molar-refractivity contribution in [3.8, 4) is 0 Å². The molecule has 2 fully saturated rings. The fraction of sp³-hybridized carbons (Fsp3) is 0.833. The van der Waals surface area contributed by atoms with Gasteiger partial charge in [-0.15, -0.1) is 10.2 Å². The summed E-state index contributed by atoms with van der Waals surface area (Å²) in [6, 6.07) is 0. The van der Waals surface area contributed by atoms with Crippen LogP contribution in [0.1, 0.15) is 24.8 Å². The first-order chi connectivity index (χ1) is 8.62. The van der Waals surface area contributed by atoms with E-state index in [1.54, 1.807) is 11.3 Å². The molecule has 2 unspecified atom stereocenters. The topological polar surface area (TPSA) is 69.5 Å². The number of rotatable bonds is 4. The molecule has 2 heterocycles. The summed E-state index contributed by atoms with van der Waals surface area (Å²) in [6.45, 7) is 6.21. The minimum atomic E-state index is -0.220. The maximum absolute atomic E-state index is 9.39. The van der Waals surface area contributed by atoms with E-state index >= 15 is 0 Å². The van der Waals surface area contributed by atoms with Crippen LogP contribution in [0.2, 0.25) is 0 Å². The molecule has 1 aromatic heterocycles. The van der Waals surface area contributed by atoms with E-state index in [1.807, 2.05) is 0 Å². The highest BCUT2D eigenvalue weighted by molar-refractivity contribution is 7.15. The van der Waals surface area contributed by atoms with Crippen molar-refractivity contribution in [1.29, 1.82) is 0 Å². The maximum Gasteiger partial charge on any atom is 0.208 e. The van der Waals surface area contributed by atoms with Crippen LogP contribution in [0.3, 0.4) is 0 Å². The van der Waals surface area contributed by atoms with E-state index in [1.165, 1.54) is 0 Å². The summed E-state index contributed by atoms with van der Waals surface area (Å²) in [5.74, 6) is 1.25. The van der Waals surface area contributed by atoms with E-state index in [0.29, 0.717) is 17.8 Å². The normalized spacial score (nSPS) is 28.8. The number of aromatic nitrogens is 2. The third kappa shape index (κ3) is 1.59. The molecule has 0 radical (unpaired) electrons. The van der Waals surface area contributed by atoms with Gasteiger partial charge in [0.15, 0.2) is 0 Å². The van der Waals surface area contributed by atoms with Crippen molar-refractivity contribution in [3.63, 3.8) is 0 Å². The van der Waals surface area contributed by atoms with Gasteiger partial charge >= 0.3 is 0 Å². The first-order valence-electron chi connectivity index (χ1n) is 6.42. The molecule has 0 spiro atoms. The van der Waals surface area contributed by atoms with Crippen LogP contribution in [0.15, 0.2) is 0 Å². The van der Waals surface area contributed by atoms with Crippen molar-refractivity contribution < 1.29 is 10.2 Å². The standard InChI is InChI=1S/C12H19N3O2S/c1-7(2)10-13-14-11(18-10)15-3-8-9(4-15)12(8,5-16)6-17/h7-9,16-17H,3-6H2,1-2H3. The molecular weight excluding hydrogens is 250 g/mol. The van der Waals surface area contributed by atoms with Gasteiger partial charge < -0.3 is 15.1 Å². The average Bonchev–Trinajstić information content (AvgIpc) is 2.83. The van der Waals surface area contributed by atoms with Crippen LogP contribution in [0.25, 0.3) is 0 Å². The lowest BCUT2D eigenvalue weighted by Gasteiger charge is -2.23. The summed E-state index contributed by atoms with van der Waals surface area (Å²) >= 11 is 1.65. The van der Waals surface area contributed by atoms with Crippen LogP contribution >= 0.6 is 11.3 Å². The van der Waals surface area contributed by atoms with Crippen LogP contribution in [0, 0.1) is 17.3 Å². The van der Waals surface area contributed by atoms with E-state index in [0.717, 1.165) is 23.2 Å². The maximum atomic E-state index is 9.39. The molecular formula is C12H19N3O2S. The molecule has 1 saturated heterocycles. The Morgan fingerprint density at radius 2 is 1.89 bits per heavy atom. The van der Waals surface area contributed by atoms with Gasteiger partial charge in [-0.2, -0.15) is 0 Å². The lowest BCUT2D eigenvalue weighted by Crippen LogP contribution is -2.31. The van der Waals surface area contributed by atoms with Gasteiger partial charge in [-0.1, -0.05) is 25.2 Å². The number of hydrogen-bond acceptors (Lipinski definition) is 6.